The maximum atomic E-state index is 11.9. The highest BCUT2D eigenvalue weighted by Crippen LogP contribution is 2.28. The molecule has 0 saturated carbocycles. The summed E-state index contributed by atoms with van der Waals surface area (Å²) in [5.74, 6) is -2.04. The van der Waals surface area contributed by atoms with Gasteiger partial charge in [0.1, 0.15) is 17.1 Å². The summed E-state index contributed by atoms with van der Waals surface area (Å²) in [5.41, 5.74) is -0.399. The Hall–Kier alpha value is -1.92. The molecule has 18 heavy (non-hydrogen) atoms. The van der Waals surface area contributed by atoms with Gasteiger partial charge in [-0.1, -0.05) is 13.8 Å². The minimum absolute atomic E-state index is 0.0398. The molecule has 0 amide bonds. The van der Waals surface area contributed by atoms with Crippen LogP contribution in [0.15, 0.2) is 18.2 Å². The summed E-state index contributed by atoms with van der Waals surface area (Å²) in [5, 5.41) is 8.70. The number of carboxylic acids is 1. The van der Waals surface area contributed by atoms with Gasteiger partial charge in [-0.25, -0.2) is 4.79 Å². The van der Waals surface area contributed by atoms with Crippen LogP contribution in [0.3, 0.4) is 0 Å². The van der Waals surface area contributed by atoms with Crippen molar-refractivity contribution < 1.29 is 32.5 Å². The lowest BCUT2D eigenvalue weighted by atomic mass is 10.2. The van der Waals surface area contributed by atoms with Crippen molar-refractivity contribution in [2.45, 2.75) is 20.2 Å². The van der Waals surface area contributed by atoms with E-state index < -0.39 is 23.6 Å². The van der Waals surface area contributed by atoms with E-state index >= 15 is 0 Å². The van der Waals surface area contributed by atoms with Gasteiger partial charge in [0.05, 0.1) is 7.11 Å². The molecule has 0 spiro atoms. The van der Waals surface area contributed by atoms with E-state index in [0.29, 0.717) is 0 Å². The molecule has 1 aromatic carbocycles. The van der Waals surface area contributed by atoms with Crippen LogP contribution >= 0.6 is 0 Å². The normalized spacial score (nSPS) is 10.1. The lowest BCUT2D eigenvalue weighted by Crippen LogP contribution is -2.17. The third-order valence-corrected chi connectivity index (χ3v) is 1.63. The second-order valence-electron chi connectivity index (χ2n) is 2.72. The maximum absolute atomic E-state index is 11.9. The summed E-state index contributed by atoms with van der Waals surface area (Å²) in [6.45, 7) is 4.00. The van der Waals surface area contributed by atoms with Gasteiger partial charge in [0, 0.05) is 0 Å². The smallest absolute Gasteiger partial charge is 0.496 e. The van der Waals surface area contributed by atoms with Gasteiger partial charge in [0.15, 0.2) is 0 Å². The summed E-state index contributed by atoms with van der Waals surface area (Å²) in [6, 6.07) is 2.80. The minimum Gasteiger partial charge on any atom is -0.496 e. The average Bonchev–Trinajstić information content (AvgIpc) is 2.29. The van der Waals surface area contributed by atoms with Crippen molar-refractivity contribution in [3.05, 3.63) is 23.8 Å². The van der Waals surface area contributed by atoms with Gasteiger partial charge in [-0.3, -0.25) is 0 Å². The fraction of sp³-hybridized carbons (Fsp3) is 0.364. The molecular weight excluding hydrogens is 253 g/mol. The van der Waals surface area contributed by atoms with Crippen molar-refractivity contribution in [3.63, 3.8) is 0 Å². The van der Waals surface area contributed by atoms with E-state index in [-0.39, 0.29) is 5.75 Å². The number of carbonyl (C=O) groups is 1. The number of benzene rings is 1. The van der Waals surface area contributed by atoms with Gasteiger partial charge in [-0.05, 0) is 18.2 Å². The number of aromatic carboxylic acids is 1. The lowest BCUT2D eigenvalue weighted by molar-refractivity contribution is -0.274. The second-order valence-corrected chi connectivity index (χ2v) is 2.72. The molecular formula is C11H13F3O4. The number of halogens is 3. The number of carboxylic acid groups (broad SMARTS) is 1. The predicted octanol–water partition coefficient (Wildman–Crippen LogP) is 3.32. The lowest BCUT2D eigenvalue weighted by Gasteiger charge is -2.10. The molecule has 0 atom stereocenters. The molecule has 0 saturated heterocycles. The Labute approximate surface area is 102 Å². The highest BCUT2D eigenvalue weighted by molar-refractivity contribution is 5.91. The Bertz CT molecular complexity index is 402. The van der Waals surface area contributed by atoms with E-state index in [1.165, 1.54) is 7.11 Å². The van der Waals surface area contributed by atoms with Crippen molar-refractivity contribution in [2.24, 2.45) is 0 Å². The number of hydrogen-bond acceptors (Lipinski definition) is 3. The van der Waals surface area contributed by atoms with Crippen molar-refractivity contribution in [3.8, 4) is 11.5 Å². The summed E-state index contributed by atoms with van der Waals surface area (Å²) in [4.78, 5) is 10.7. The molecule has 0 radical (unpaired) electrons. The number of hydrogen-bond donors (Lipinski definition) is 1. The molecule has 1 aromatic rings. The first-order valence-corrected chi connectivity index (χ1v) is 5.00. The molecule has 0 aliphatic carbocycles. The monoisotopic (exact) mass is 266 g/mol. The zero-order valence-corrected chi connectivity index (χ0v) is 10.0. The van der Waals surface area contributed by atoms with Crippen LogP contribution in [0.4, 0.5) is 13.2 Å². The predicted molar refractivity (Wildman–Crippen MR) is 58.0 cm³/mol. The summed E-state index contributed by atoms with van der Waals surface area (Å²) in [6.07, 6.45) is -4.86. The topological polar surface area (TPSA) is 55.8 Å². The van der Waals surface area contributed by atoms with Crippen LogP contribution in [0, 0.1) is 0 Å². The van der Waals surface area contributed by atoms with Gasteiger partial charge < -0.3 is 14.6 Å². The molecule has 0 aliphatic rings. The van der Waals surface area contributed by atoms with Gasteiger partial charge in [-0.15, -0.1) is 13.2 Å². The van der Waals surface area contributed by atoms with Crippen LogP contribution in [0.5, 0.6) is 11.5 Å². The van der Waals surface area contributed by atoms with Crippen molar-refractivity contribution >= 4 is 5.97 Å². The van der Waals surface area contributed by atoms with Gasteiger partial charge in [-0.2, -0.15) is 0 Å². The van der Waals surface area contributed by atoms with E-state index in [9.17, 15) is 18.0 Å². The standard InChI is InChI=1S/C9H7F3O4.C2H6/c1-15-7-3-2-5(16-9(10,11)12)4-6(7)8(13)14;1-2/h2-4H,1H3,(H,13,14);1-2H3. The summed E-state index contributed by atoms with van der Waals surface area (Å²) >= 11 is 0. The van der Waals surface area contributed by atoms with E-state index in [1.54, 1.807) is 0 Å². The van der Waals surface area contributed by atoms with Crippen molar-refractivity contribution in [1.29, 1.82) is 0 Å². The van der Waals surface area contributed by atoms with E-state index in [4.69, 9.17) is 5.11 Å². The highest BCUT2D eigenvalue weighted by atomic mass is 19.4. The van der Waals surface area contributed by atoms with Crippen LogP contribution in [0.25, 0.3) is 0 Å². The number of alkyl halides is 3. The number of methoxy groups -OCH3 is 1. The molecule has 102 valence electrons. The van der Waals surface area contributed by atoms with Crippen LogP contribution in [0.2, 0.25) is 0 Å². The van der Waals surface area contributed by atoms with Gasteiger partial charge >= 0.3 is 12.3 Å². The fourth-order valence-electron chi connectivity index (χ4n) is 1.05. The van der Waals surface area contributed by atoms with E-state index in [0.717, 1.165) is 18.2 Å². The second kappa shape index (κ2) is 6.73. The average molecular weight is 266 g/mol. The Balaban J connectivity index is 0.00000137. The first-order valence-electron chi connectivity index (χ1n) is 5.00. The first kappa shape index (κ1) is 16.1. The Kier molecular flexibility index (Phi) is 6.01. The summed E-state index contributed by atoms with van der Waals surface area (Å²) in [7, 11) is 1.21. The maximum Gasteiger partial charge on any atom is 0.573 e. The van der Waals surface area contributed by atoms with Crippen molar-refractivity contribution in [2.75, 3.05) is 7.11 Å². The first-order chi connectivity index (χ1) is 8.33. The zero-order valence-electron chi connectivity index (χ0n) is 10.0. The third kappa shape index (κ3) is 4.94. The number of rotatable bonds is 3. The molecule has 1 rings (SSSR count). The Morgan fingerprint density at radius 2 is 1.83 bits per heavy atom. The minimum atomic E-state index is -4.86. The quantitative estimate of drug-likeness (QED) is 0.911. The molecule has 0 unspecified atom stereocenters. The molecule has 0 heterocycles. The van der Waals surface area contributed by atoms with Crippen LogP contribution < -0.4 is 9.47 Å². The largest absolute Gasteiger partial charge is 0.573 e. The van der Waals surface area contributed by atoms with Crippen LogP contribution in [-0.2, 0) is 0 Å². The molecule has 0 fully saturated rings. The number of ether oxygens (including phenoxy) is 2. The van der Waals surface area contributed by atoms with Crippen LogP contribution in [-0.4, -0.2) is 24.5 Å². The molecule has 4 nitrogen and oxygen atoms in total. The van der Waals surface area contributed by atoms with Gasteiger partial charge in [0.25, 0.3) is 0 Å². The zero-order chi connectivity index (χ0) is 14.3. The molecule has 1 N–H and O–H groups in total. The van der Waals surface area contributed by atoms with E-state index in [2.05, 4.69) is 9.47 Å². The SMILES string of the molecule is CC.COc1ccc(OC(F)(F)F)cc1C(=O)O. The molecule has 0 bridgehead atoms. The van der Waals surface area contributed by atoms with Gasteiger partial charge in [0.2, 0.25) is 0 Å². The van der Waals surface area contributed by atoms with Crippen LogP contribution in [0.1, 0.15) is 24.2 Å². The fourth-order valence-corrected chi connectivity index (χ4v) is 1.05. The third-order valence-electron chi connectivity index (χ3n) is 1.63. The molecule has 0 aromatic heterocycles. The molecule has 0 aliphatic heterocycles. The molecule has 7 heteroatoms. The highest BCUT2D eigenvalue weighted by Gasteiger charge is 2.31. The van der Waals surface area contributed by atoms with E-state index in [1.807, 2.05) is 13.8 Å². The van der Waals surface area contributed by atoms with Crippen molar-refractivity contribution in [1.82, 2.24) is 0 Å². The summed E-state index contributed by atoms with van der Waals surface area (Å²) < 4.78 is 43.8. The Morgan fingerprint density at radius 1 is 1.28 bits per heavy atom. The Morgan fingerprint density at radius 3 is 2.22 bits per heavy atom.